The Morgan fingerprint density at radius 3 is 3.10 bits per heavy atom. The van der Waals surface area contributed by atoms with E-state index in [1.54, 1.807) is 7.05 Å². The summed E-state index contributed by atoms with van der Waals surface area (Å²) in [6.07, 6.45) is 1.83. The van der Waals surface area contributed by atoms with Crippen molar-refractivity contribution < 1.29 is 4.79 Å². The maximum Gasteiger partial charge on any atom is 0.220 e. The minimum Gasteiger partial charge on any atom is -0.359 e. The molecule has 1 amide bonds. The molecule has 3 nitrogen and oxygen atoms in total. The van der Waals surface area contributed by atoms with Gasteiger partial charge in [0.05, 0.1) is 0 Å². The van der Waals surface area contributed by atoms with E-state index in [1.165, 1.54) is 0 Å². The summed E-state index contributed by atoms with van der Waals surface area (Å²) in [6, 6.07) is 0. The number of rotatable bonds is 2. The highest BCUT2D eigenvalue weighted by Gasteiger charge is 2.16. The third kappa shape index (κ3) is 1.99. The third-order valence-electron chi connectivity index (χ3n) is 1.92. The zero-order valence-electron chi connectivity index (χ0n) is 6.31. The van der Waals surface area contributed by atoms with Crippen LogP contribution in [0.3, 0.4) is 0 Å². The molecule has 1 aliphatic rings. The molecule has 0 saturated carbocycles. The molecule has 3 heteroatoms. The SMILES string of the molecule is CNC(=O)C[C@H]1CCNC1. The van der Waals surface area contributed by atoms with E-state index in [2.05, 4.69) is 10.6 Å². The summed E-state index contributed by atoms with van der Waals surface area (Å²) in [5.74, 6) is 0.730. The van der Waals surface area contributed by atoms with E-state index in [0.717, 1.165) is 19.5 Å². The minimum absolute atomic E-state index is 0.161. The molecule has 0 bridgehead atoms. The maximum atomic E-state index is 10.8. The van der Waals surface area contributed by atoms with E-state index in [1.807, 2.05) is 0 Å². The van der Waals surface area contributed by atoms with Gasteiger partial charge in [0.15, 0.2) is 0 Å². The number of carbonyl (C=O) groups is 1. The highest BCUT2D eigenvalue weighted by Crippen LogP contribution is 2.10. The molecule has 1 aliphatic heterocycles. The van der Waals surface area contributed by atoms with Crippen molar-refractivity contribution in [2.45, 2.75) is 12.8 Å². The number of hydrogen-bond acceptors (Lipinski definition) is 2. The first-order valence-corrected chi connectivity index (χ1v) is 3.74. The maximum absolute atomic E-state index is 10.8. The van der Waals surface area contributed by atoms with Crippen LogP contribution in [0.1, 0.15) is 12.8 Å². The topological polar surface area (TPSA) is 41.1 Å². The van der Waals surface area contributed by atoms with Crippen LogP contribution in [-0.2, 0) is 4.79 Å². The second-order valence-corrected chi connectivity index (χ2v) is 2.74. The van der Waals surface area contributed by atoms with Crippen molar-refractivity contribution in [2.75, 3.05) is 20.1 Å². The second-order valence-electron chi connectivity index (χ2n) is 2.74. The Labute approximate surface area is 61.2 Å². The molecule has 10 heavy (non-hydrogen) atoms. The van der Waals surface area contributed by atoms with Crippen molar-refractivity contribution in [1.82, 2.24) is 10.6 Å². The molecule has 1 fully saturated rings. The fourth-order valence-corrected chi connectivity index (χ4v) is 1.25. The summed E-state index contributed by atoms with van der Waals surface area (Å²) < 4.78 is 0. The van der Waals surface area contributed by atoms with Gasteiger partial charge in [0.2, 0.25) is 5.91 Å². The summed E-state index contributed by atoms with van der Waals surface area (Å²) in [5.41, 5.74) is 0. The molecular formula is C7H14N2O. The van der Waals surface area contributed by atoms with Crippen LogP contribution < -0.4 is 10.6 Å². The van der Waals surface area contributed by atoms with Crippen LogP contribution in [0, 0.1) is 5.92 Å². The van der Waals surface area contributed by atoms with Gasteiger partial charge in [0.25, 0.3) is 0 Å². The van der Waals surface area contributed by atoms with E-state index < -0.39 is 0 Å². The molecule has 0 aromatic heterocycles. The summed E-state index contributed by atoms with van der Waals surface area (Å²) in [4.78, 5) is 10.8. The average molecular weight is 142 g/mol. The first-order chi connectivity index (χ1) is 4.83. The van der Waals surface area contributed by atoms with Gasteiger partial charge in [-0.3, -0.25) is 4.79 Å². The first kappa shape index (κ1) is 7.54. The zero-order chi connectivity index (χ0) is 7.40. The van der Waals surface area contributed by atoms with Crippen LogP contribution in [0.5, 0.6) is 0 Å². The van der Waals surface area contributed by atoms with E-state index in [9.17, 15) is 4.79 Å². The van der Waals surface area contributed by atoms with Gasteiger partial charge in [0, 0.05) is 13.5 Å². The van der Waals surface area contributed by atoms with Crippen molar-refractivity contribution in [3.05, 3.63) is 0 Å². The monoisotopic (exact) mass is 142 g/mol. The summed E-state index contributed by atoms with van der Waals surface area (Å²) >= 11 is 0. The van der Waals surface area contributed by atoms with Crippen LogP contribution in [0.15, 0.2) is 0 Å². The molecular weight excluding hydrogens is 128 g/mol. The molecule has 0 aliphatic carbocycles. The van der Waals surface area contributed by atoms with E-state index in [0.29, 0.717) is 12.3 Å². The lowest BCUT2D eigenvalue weighted by Gasteiger charge is -2.04. The van der Waals surface area contributed by atoms with Crippen LogP contribution >= 0.6 is 0 Å². The fraction of sp³-hybridized carbons (Fsp3) is 0.857. The number of amides is 1. The van der Waals surface area contributed by atoms with Gasteiger partial charge in [-0.25, -0.2) is 0 Å². The molecule has 1 rings (SSSR count). The Bertz CT molecular complexity index is 119. The predicted molar refractivity (Wildman–Crippen MR) is 39.7 cm³/mol. The Morgan fingerprint density at radius 2 is 2.60 bits per heavy atom. The molecule has 0 spiro atoms. The highest BCUT2D eigenvalue weighted by atomic mass is 16.1. The lowest BCUT2D eigenvalue weighted by molar-refractivity contribution is -0.121. The minimum atomic E-state index is 0.161. The lowest BCUT2D eigenvalue weighted by Crippen LogP contribution is -2.22. The van der Waals surface area contributed by atoms with E-state index in [-0.39, 0.29) is 5.91 Å². The average Bonchev–Trinajstić information content (AvgIpc) is 2.40. The Morgan fingerprint density at radius 1 is 1.80 bits per heavy atom. The van der Waals surface area contributed by atoms with Gasteiger partial charge in [-0.2, -0.15) is 0 Å². The second kappa shape index (κ2) is 3.56. The predicted octanol–water partition coefficient (Wildman–Crippen LogP) is -0.268. The van der Waals surface area contributed by atoms with Crippen molar-refractivity contribution in [3.63, 3.8) is 0 Å². The van der Waals surface area contributed by atoms with Gasteiger partial charge < -0.3 is 10.6 Å². The zero-order valence-corrected chi connectivity index (χ0v) is 6.31. The van der Waals surface area contributed by atoms with Gasteiger partial charge >= 0.3 is 0 Å². The Kier molecular flexibility index (Phi) is 2.68. The fourth-order valence-electron chi connectivity index (χ4n) is 1.25. The Balaban J connectivity index is 2.17. The van der Waals surface area contributed by atoms with Gasteiger partial charge in [-0.1, -0.05) is 0 Å². The smallest absolute Gasteiger partial charge is 0.220 e. The molecule has 0 aromatic carbocycles. The van der Waals surface area contributed by atoms with Crippen LogP contribution in [0.25, 0.3) is 0 Å². The van der Waals surface area contributed by atoms with Gasteiger partial charge in [0.1, 0.15) is 0 Å². The van der Waals surface area contributed by atoms with Crippen molar-refractivity contribution in [1.29, 1.82) is 0 Å². The van der Waals surface area contributed by atoms with Crippen molar-refractivity contribution in [3.8, 4) is 0 Å². The van der Waals surface area contributed by atoms with Crippen LogP contribution in [-0.4, -0.2) is 26.0 Å². The molecule has 0 unspecified atom stereocenters. The highest BCUT2D eigenvalue weighted by molar-refractivity contribution is 5.75. The van der Waals surface area contributed by atoms with Crippen LogP contribution in [0.4, 0.5) is 0 Å². The summed E-state index contributed by atoms with van der Waals surface area (Å²) in [6.45, 7) is 2.08. The van der Waals surface area contributed by atoms with Crippen molar-refractivity contribution in [2.24, 2.45) is 5.92 Å². The molecule has 1 atom stereocenters. The standard InChI is InChI=1S/C7H14N2O/c1-8-7(10)4-6-2-3-9-5-6/h6,9H,2-5H2,1H3,(H,8,10)/t6-/m1/s1. The number of nitrogens with one attached hydrogen (secondary N) is 2. The lowest BCUT2D eigenvalue weighted by atomic mass is 10.1. The molecule has 58 valence electrons. The summed E-state index contributed by atoms with van der Waals surface area (Å²) in [5, 5.41) is 5.85. The Hall–Kier alpha value is -0.570. The molecule has 2 N–H and O–H groups in total. The number of carbonyl (C=O) groups excluding carboxylic acids is 1. The summed E-state index contributed by atoms with van der Waals surface area (Å²) in [7, 11) is 1.69. The first-order valence-electron chi connectivity index (χ1n) is 3.74. The largest absolute Gasteiger partial charge is 0.359 e. The van der Waals surface area contributed by atoms with Crippen molar-refractivity contribution >= 4 is 5.91 Å². The van der Waals surface area contributed by atoms with E-state index >= 15 is 0 Å². The van der Waals surface area contributed by atoms with E-state index in [4.69, 9.17) is 0 Å². The quantitative estimate of drug-likeness (QED) is 0.557. The van der Waals surface area contributed by atoms with Gasteiger partial charge in [-0.05, 0) is 25.4 Å². The molecule has 0 radical (unpaired) electrons. The van der Waals surface area contributed by atoms with Gasteiger partial charge in [-0.15, -0.1) is 0 Å². The normalized spacial score (nSPS) is 24.7. The van der Waals surface area contributed by atoms with Crippen LogP contribution in [0.2, 0.25) is 0 Å². The molecule has 1 saturated heterocycles. The third-order valence-corrected chi connectivity index (χ3v) is 1.92. The molecule has 0 aromatic rings. The molecule has 1 heterocycles. The number of hydrogen-bond donors (Lipinski definition) is 2.